The van der Waals surface area contributed by atoms with Crippen LogP contribution in [0.3, 0.4) is 0 Å². The lowest BCUT2D eigenvalue weighted by atomic mass is 9.39. The summed E-state index contributed by atoms with van der Waals surface area (Å²) in [6, 6.07) is 0. The van der Waals surface area contributed by atoms with Crippen molar-refractivity contribution in [2.45, 2.75) is 56.9 Å². The largest absolute Gasteiger partial charge is 0.462 e. The Morgan fingerprint density at radius 2 is 1.96 bits per heavy atom. The molecule has 2 heterocycles. The molecule has 5 aliphatic rings. The van der Waals surface area contributed by atoms with Crippen LogP contribution in [0.2, 0.25) is 0 Å². The van der Waals surface area contributed by atoms with Gasteiger partial charge in [0.05, 0.1) is 25.2 Å². The van der Waals surface area contributed by atoms with Gasteiger partial charge in [0.2, 0.25) is 0 Å². The van der Waals surface area contributed by atoms with Crippen molar-refractivity contribution in [2.75, 3.05) is 6.61 Å². The molecule has 7 nitrogen and oxygen atoms in total. The number of esters is 1. The molecule has 4 N–H and O–H groups in total. The van der Waals surface area contributed by atoms with E-state index in [-0.39, 0.29) is 24.9 Å². The van der Waals surface area contributed by atoms with Gasteiger partial charge in [-0.05, 0) is 24.8 Å². The van der Waals surface area contributed by atoms with Crippen LogP contribution in [0, 0.1) is 28.6 Å². The average Bonchev–Trinajstić information content (AvgIpc) is 2.90. The van der Waals surface area contributed by atoms with Gasteiger partial charge in [0.15, 0.2) is 5.79 Å². The zero-order valence-electron chi connectivity index (χ0n) is 15.5. The maximum Gasteiger partial charge on any atom is 0.306 e. The van der Waals surface area contributed by atoms with Gasteiger partial charge in [0.1, 0.15) is 12.2 Å². The molecule has 2 saturated heterocycles. The summed E-state index contributed by atoms with van der Waals surface area (Å²) < 4.78 is 11.6. The number of rotatable bonds is 0. The molecular formula is C20H26O7. The van der Waals surface area contributed by atoms with Crippen LogP contribution in [0.15, 0.2) is 23.8 Å². The van der Waals surface area contributed by atoms with Gasteiger partial charge in [0, 0.05) is 22.7 Å². The Bertz CT molecular complexity index is 776. The summed E-state index contributed by atoms with van der Waals surface area (Å²) in [5.41, 5.74) is -0.468. The number of ether oxygens (including phenoxy) is 2. The van der Waals surface area contributed by atoms with Crippen molar-refractivity contribution in [1.82, 2.24) is 0 Å². The van der Waals surface area contributed by atoms with Gasteiger partial charge >= 0.3 is 5.97 Å². The van der Waals surface area contributed by atoms with E-state index in [1.165, 1.54) is 0 Å². The van der Waals surface area contributed by atoms with Gasteiger partial charge in [0.25, 0.3) is 0 Å². The van der Waals surface area contributed by atoms with E-state index in [9.17, 15) is 25.2 Å². The SMILES string of the molecule is C=C1[C@H](O)[C@]2(O)OC[C@]34[C@H]2[C@@]2(C)[C@H](O)[C@@H](O)C=C(C)[C@@H]2C[C@H]3OC(=O)C[C@@H]14. The summed E-state index contributed by atoms with van der Waals surface area (Å²) in [6.45, 7) is 7.81. The van der Waals surface area contributed by atoms with Crippen molar-refractivity contribution in [1.29, 1.82) is 0 Å². The van der Waals surface area contributed by atoms with Crippen LogP contribution in [0.1, 0.15) is 26.7 Å². The van der Waals surface area contributed by atoms with Crippen molar-refractivity contribution < 1.29 is 34.7 Å². The molecule has 148 valence electrons. The minimum Gasteiger partial charge on any atom is -0.462 e. The standard InChI is InChI=1S/C20H26O7/c1-8-4-12(21)16(24)18(3)10(8)5-13-19-7-26-20(25,17(18)19)15(23)9(2)11(19)6-14(22)27-13/h4,10-13,15-17,21,23-25H,2,5-7H2,1,3H3/t10-,11-,12-,13+,15-,16+,17+,18+,19+,20-/m0/s1. The van der Waals surface area contributed by atoms with E-state index in [0.717, 1.165) is 5.57 Å². The minimum atomic E-state index is -1.94. The highest BCUT2D eigenvalue weighted by molar-refractivity contribution is 5.72. The molecule has 0 aromatic heterocycles. The molecule has 4 fully saturated rings. The highest BCUT2D eigenvalue weighted by Gasteiger charge is 2.81. The highest BCUT2D eigenvalue weighted by atomic mass is 16.6. The molecule has 2 saturated carbocycles. The van der Waals surface area contributed by atoms with Gasteiger partial charge in [-0.2, -0.15) is 0 Å². The van der Waals surface area contributed by atoms with Gasteiger partial charge < -0.3 is 29.9 Å². The van der Waals surface area contributed by atoms with E-state index in [0.29, 0.717) is 12.0 Å². The van der Waals surface area contributed by atoms with E-state index in [4.69, 9.17) is 9.47 Å². The Morgan fingerprint density at radius 3 is 2.67 bits per heavy atom. The smallest absolute Gasteiger partial charge is 0.306 e. The molecule has 1 spiro atoms. The van der Waals surface area contributed by atoms with Crippen molar-refractivity contribution in [2.24, 2.45) is 28.6 Å². The first-order chi connectivity index (χ1) is 12.6. The molecular weight excluding hydrogens is 352 g/mol. The monoisotopic (exact) mass is 378 g/mol. The summed E-state index contributed by atoms with van der Waals surface area (Å²) in [5, 5.41) is 43.9. The molecule has 3 aliphatic carbocycles. The molecule has 0 aromatic rings. The summed E-state index contributed by atoms with van der Waals surface area (Å²) >= 11 is 0. The van der Waals surface area contributed by atoms with E-state index < -0.39 is 52.9 Å². The minimum absolute atomic E-state index is 0.0660. The van der Waals surface area contributed by atoms with Gasteiger partial charge in [-0.3, -0.25) is 4.79 Å². The number of allylic oxidation sites excluding steroid dienone is 1. The van der Waals surface area contributed by atoms with Crippen LogP contribution in [0.5, 0.6) is 0 Å². The summed E-state index contributed by atoms with van der Waals surface area (Å²) in [4.78, 5) is 12.3. The molecule has 0 amide bonds. The van der Waals surface area contributed by atoms with Crippen molar-refractivity contribution in [3.8, 4) is 0 Å². The summed E-state index contributed by atoms with van der Waals surface area (Å²) in [7, 11) is 0. The second-order valence-corrected chi connectivity index (χ2v) is 9.30. The molecule has 0 radical (unpaired) electrons. The van der Waals surface area contributed by atoms with Crippen molar-refractivity contribution in [3.05, 3.63) is 23.8 Å². The summed E-state index contributed by atoms with van der Waals surface area (Å²) in [5.74, 6) is -3.63. The molecule has 5 rings (SSSR count). The Balaban J connectivity index is 1.78. The predicted molar refractivity (Wildman–Crippen MR) is 91.9 cm³/mol. The van der Waals surface area contributed by atoms with Crippen LogP contribution in [-0.4, -0.2) is 63.2 Å². The number of hydrogen-bond acceptors (Lipinski definition) is 7. The molecule has 7 heteroatoms. The lowest BCUT2D eigenvalue weighted by Gasteiger charge is -2.67. The maximum atomic E-state index is 12.3. The van der Waals surface area contributed by atoms with Crippen LogP contribution < -0.4 is 0 Å². The molecule has 27 heavy (non-hydrogen) atoms. The number of fused-ring (bicyclic) bond motifs is 1. The Kier molecular flexibility index (Phi) is 3.31. The van der Waals surface area contributed by atoms with Crippen LogP contribution in [-0.2, 0) is 14.3 Å². The predicted octanol–water partition coefficient (Wildman–Crippen LogP) is -0.122. The Labute approximate surface area is 157 Å². The Morgan fingerprint density at radius 1 is 1.26 bits per heavy atom. The van der Waals surface area contributed by atoms with E-state index >= 15 is 0 Å². The first-order valence-electron chi connectivity index (χ1n) is 9.55. The second-order valence-electron chi connectivity index (χ2n) is 9.30. The van der Waals surface area contributed by atoms with Crippen molar-refractivity contribution in [3.63, 3.8) is 0 Å². The zero-order valence-corrected chi connectivity index (χ0v) is 15.5. The average molecular weight is 378 g/mol. The summed E-state index contributed by atoms with van der Waals surface area (Å²) in [6.07, 6.45) is -1.92. The third-order valence-corrected chi connectivity index (χ3v) is 8.35. The zero-order chi connectivity index (χ0) is 19.5. The van der Waals surface area contributed by atoms with Crippen LogP contribution in [0.25, 0.3) is 0 Å². The van der Waals surface area contributed by atoms with Gasteiger partial charge in [-0.1, -0.05) is 25.2 Å². The number of hydrogen-bond donors (Lipinski definition) is 4. The third kappa shape index (κ3) is 1.74. The van der Waals surface area contributed by atoms with Gasteiger partial charge in [-0.25, -0.2) is 0 Å². The van der Waals surface area contributed by atoms with E-state index in [2.05, 4.69) is 6.58 Å². The molecule has 10 atom stereocenters. The number of aliphatic hydroxyl groups excluding tert-OH is 3. The fourth-order valence-corrected chi connectivity index (χ4v) is 7.30. The molecule has 0 unspecified atom stereocenters. The quantitative estimate of drug-likeness (QED) is 0.343. The van der Waals surface area contributed by atoms with Gasteiger partial charge in [-0.15, -0.1) is 0 Å². The maximum absolute atomic E-state index is 12.3. The fourth-order valence-electron chi connectivity index (χ4n) is 7.30. The van der Waals surface area contributed by atoms with Crippen LogP contribution >= 0.6 is 0 Å². The lowest BCUT2D eigenvalue weighted by molar-refractivity contribution is -0.312. The molecule has 0 aromatic carbocycles. The fraction of sp³-hybridized carbons (Fsp3) is 0.750. The van der Waals surface area contributed by atoms with E-state index in [1.807, 2.05) is 13.8 Å². The normalized spacial score (nSPS) is 58.9. The lowest BCUT2D eigenvalue weighted by Crippen LogP contribution is -2.74. The third-order valence-electron chi connectivity index (χ3n) is 8.35. The first kappa shape index (κ1) is 17.8. The first-order valence-corrected chi connectivity index (χ1v) is 9.55. The van der Waals surface area contributed by atoms with E-state index in [1.54, 1.807) is 6.08 Å². The molecule has 2 aliphatic heterocycles. The number of aliphatic hydroxyl groups is 4. The Hall–Kier alpha value is -1.25. The van der Waals surface area contributed by atoms with Crippen molar-refractivity contribution >= 4 is 5.97 Å². The number of carbonyl (C=O) groups is 1. The highest BCUT2D eigenvalue weighted by Crippen LogP contribution is 2.73. The molecule has 2 bridgehead atoms. The topological polar surface area (TPSA) is 116 Å². The van der Waals surface area contributed by atoms with Crippen LogP contribution in [0.4, 0.5) is 0 Å². The number of carbonyl (C=O) groups excluding carboxylic acids is 1. The second kappa shape index (κ2) is 5.02.